The molecule has 0 spiro atoms. The molecule has 182 valence electrons. The van der Waals surface area contributed by atoms with E-state index in [4.69, 9.17) is 4.43 Å². The van der Waals surface area contributed by atoms with Crippen molar-refractivity contribution in [1.29, 1.82) is 0 Å². The van der Waals surface area contributed by atoms with Crippen LogP contribution in [0.5, 0.6) is 0 Å². The lowest BCUT2D eigenvalue weighted by Gasteiger charge is -2.36. The van der Waals surface area contributed by atoms with Gasteiger partial charge >= 0.3 is 18.3 Å². The molecule has 0 aliphatic carbocycles. The first-order chi connectivity index (χ1) is 14.2. The Morgan fingerprint density at radius 1 is 1.00 bits per heavy atom. The first-order valence-corrected chi connectivity index (χ1v) is 12.6. The normalized spacial score (nSPS) is 14.2. The van der Waals surface area contributed by atoms with Crippen LogP contribution in [0, 0.1) is 0 Å². The fourth-order valence-corrected chi connectivity index (χ4v) is 3.52. The summed E-state index contributed by atoms with van der Waals surface area (Å²) in [4.78, 5) is 23.7. The van der Waals surface area contributed by atoms with Gasteiger partial charge in [-0.3, -0.25) is 4.79 Å². The van der Waals surface area contributed by atoms with Gasteiger partial charge in [0.15, 0.2) is 8.32 Å². The molecule has 1 atom stereocenters. The van der Waals surface area contributed by atoms with Crippen LogP contribution in [0.4, 0.5) is 26.3 Å². The van der Waals surface area contributed by atoms with E-state index < -0.39 is 61.7 Å². The number of hydrogen-bond acceptors (Lipinski definition) is 3. The second-order valence-electron chi connectivity index (χ2n) is 8.95. The molecule has 0 aliphatic heterocycles. The van der Waals surface area contributed by atoms with Crippen molar-refractivity contribution in [3.8, 4) is 0 Å². The van der Waals surface area contributed by atoms with E-state index >= 15 is 0 Å². The van der Waals surface area contributed by atoms with Gasteiger partial charge in [0, 0.05) is 13.0 Å². The summed E-state index contributed by atoms with van der Waals surface area (Å²) in [5.74, 6) is -2.41. The number of nitrogens with one attached hydrogen (secondary N) is 1. The highest BCUT2D eigenvalue weighted by atomic mass is 28.4. The second kappa shape index (κ2) is 9.82. The molecule has 32 heavy (non-hydrogen) atoms. The van der Waals surface area contributed by atoms with E-state index in [-0.39, 0.29) is 24.1 Å². The van der Waals surface area contributed by atoms with Gasteiger partial charge in [-0.25, -0.2) is 4.79 Å². The van der Waals surface area contributed by atoms with Gasteiger partial charge in [0.1, 0.15) is 6.04 Å². The van der Waals surface area contributed by atoms with Gasteiger partial charge < -0.3 is 14.8 Å². The largest absolute Gasteiger partial charge is 0.480 e. The summed E-state index contributed by atoms with van der Waals surface area (Å²) in [5.41, 5.74) is -3.63. The highest BCUT2D eigenvalue weighted by Gasteiger charge is 2.38. The lowest BCUT2D eigenvalue weighted by atomic mass is 10.0. The lowest BCUT2D eigenvalue weighted by molar-refractivity contribution is -0.143. The Bertz CT molecular complexity index is 799. The van der Waals surface area contributed by atoms with Crippen LogP contribution >= 0.6 is 0 Å². The molecule has 1 aromatic rings. The van der Waals surface area contributed by atoms with E-state index in [9.17, 15) is 41.0 Å². The molecule has 12 heteroatoms. The fourth-order valence-electron chi connectivity index (χ4n) is 2.46. The molecule has 0 saturated heterocycles. The highest BCUT2D eigenvalue weighted by Crippen LogP contribution is 2.37. The van der Waals surface area contributed by atoms with E-state index in [2.05, 4.69) is 5.32 Å². The van der Waals surface area contributed by atoms with Crippen molar-refractivity contribution in [2.75, 3.05) is 6.61 Å². The number of halogens is 6. The molecule has 0 radical (unpaired) electrons. The lowest BCUT2D eigenvalue weighted by Crippen LogP contribution is -2.45. The quantitative estimate of drug-likeness (QED) is 0.388. The number of carbonyl (C=O) groups excluding carboxylic acids is 1. The highest BCUT2D eigenvalue weighted by molar-refractivity contribution is 6.74. The molecule has 0 bridgehead atoms. The number of carboxylic acid groups (broad SMARTS) is 1. The maximum absolute atomic E-state index is 13.0. The minimum atomic E-state index is -5.04. The van der Waals surface area contributed by atoms with Gasteiger partial charge in [0.25, 0.3) is 0 Å². The molecule has 1 aromatic carbocycles. The predicted molar refractivity (Wildman–Crippen MR) is 107 cm³/mol. The van der Waals surface area contributed by atoms with Crippen LogP contribution in [0.2, 0.25) is 18.1 Å². The van der Waals surface area contributed by atoms with Crippen LogP contribution in [0.15, 0.2) is 18.2 Å². The summed E-state index contributed by atoms with van der Waals surface area (Å²) < 4.78 is 83.6. The number of carbonyl (C=O) groups is 2. The van der Waals surface area contributed by atoms with Crippen LogP contribution in [0.25, 0.3) is 0 Å². The summed E-state index contributed by atoms with van der Waals surface area (Å²) in [6.07, 6.45) is -11.0. The Balaban J connectivity index is 2.93. The minimum absolute atomic E-state index is 0.0233. The molecule has 0 fully saturated rings. The maximum atomic E-state index is 13.0. The van der Waals surface area contributed by atoms with Crippen molar-refractivity contribution in [2.24, 2.45) is 0 Å². The van der Waals surface area contributed by atoms with Gasteiger partial charge in [-0.2, -0.15) is 26.3 Å². The zero-order chi connectivity index (χ0) is 25.1. The van der Waals surface area contributed by atoms with Crippen molar-refractivity contribution in [2.45, 2.75) is 70.1 Å². The Labute approximate surface area is 183 Å². The Kier molecular flexibility index (Phi) is 8.57. The molecule has 1 rings (SSSR count). The third-order valence-electron chi connectivity index (χ3n) is 5.32. The van der Waals surface area contributed by atoms with Crippen LogP contribution < -0.4 is 5.32 Å². The number of hydrogen-bond donors (Lipinski definition) is 2. The molecule has 1 amide bonds. The van der Waals surface area contributed by atoms with Gasteiger partial charge in [0.05, 0.1) is 17.5 Å². The van der Waals surface area contributed by atoms with E-state index in [0.29, 0.717) is 12.1 Å². The Morgan fingerprint density at radius 2 is 1.47 bits per heavy atom. The molecule has 0 aliphatic rings. The van der Waals surface area contributed by atoms with E-state index in [0.717, 1.165) is 0 Å². The third-order valence-corrected chi connectivity index (χ3v) is 9.86. The summed E-state index contributed by atoms with van der Waals surface area (Å²) in [5, 5.41) is 11.3. The summed E-state index contributed by atoms with van der Waals surface area (Å²) in [6, 6.07) is -0.573. The number of rotatable bonds is 8. The second-order valence-corrected chi connectivity index (χ2v) is 13.8. The summed E-state index contributed by atoms with van der Waals surface area (Å²) >= 11 is 0. The zero-order valence-corrected chi connectivity index (χ0v) is 19.4. The van der Waals surface area contributed by atoms with Gasteiger partial charge in [-0.15, -0.1) is 0 Å². The summed E-state index contributed by atoms with van der Waals surface area (Å²) in [6.45, 7) is 9.88. The van der Waals surface area contributed by atoms with Crippen molar-refractivity contribution >= 4 is 20.2 Å². The SMILES string of the molecule is CC(C)(C)[Si](C)(C)OCC[C@@H](NC(=O)Cc1cc(C(F)(F)F)cc(C(F)(F)F)c1)C(=O)O. The first kappa shape index (κ1) is 28.0. The van der Waals surface area contributed by atoms with Gasteiger partial charge in [-0.05, 0) is 41.9 Å². The number of carboxylic acids is 1. The predicted octanol–water partition coefficient (Wildman–Crippen LogP) is 5.25. The molecule has 0 saturated carbocycles. The molecule has 0 heterocycles. The monoisotopic (exact) mass is 487 g/mol. The van der Waals surface area contributed by atoms with E-state index in [1.165, 1.54) is 0 Å². The van der Waals surface area contributed by atoms with Crippen molar-refractivity contribution in [1.82, 2.24) is 5.32 Å². The van der Waals surface area contributed by atoms with Crippen molar-refractivity contribution in [3.05, 3.63) is 34.9 Å². The van der Waals surface area contributed by atoms with Crippen molar-refractivity contribution in [3.63, 3.8) is 0 Å². The number of amides is 1. The molecule has 2 N–H and O–H groups in total. The maximum Gasteiger partial charge on any atom is 0.416 e. The fraction of sp³-hybridized carbons (Fsp3) is 0.600. The molecular weight excluding hydrogens is 460 g/mol. The smallest absolute Gasteiger partial charge is 0.416 e. The van der Waals surface area contributed by atoms with Gasteiger partial charge in [-0.1, -0.05) is 20.8 Å². The molecular formula is C20H27F6NO4Si. The third kappa shape index (κ3) is 8.12. The van der Waals surface area contributed by atoms with Gasteiger partial charge in [0.2, 0.25) is 5.91 Å². The number of aliphatic carboxylic acids is 1. The number of benzene rings is 1. The topological polar surface area (TPSA) is 75.6 Å². The number of alkyl halides is 6. The minimum Gasteiger partial charge on any atom is -0.480 e. The van der Waals surface area contributed by atoms with Crippen molar-refractivity contribution < 1.29 is 45.5 Å². The van der Waals surface area contributed by atoms with E-state index in [1.807, 2.05) is 33.9 Å². The zero-order valence-electron chi connectivity index (χ0n) is 18.4. The molecule has 0 unspecified atom stereocenters. The standard InChI is InChI=1S/C20H27F6NO4Si/c1-18(2,3)32(4,5)31-7-6-15(17(29)30)27-16(28)10-12-8-13(19(21,22)23)11-14(9-12)20(24,25)26/h8-9,11,15H,6-7,10H2,1-5H3,(H,27,28)(H,29,30)/t15-/m1/s1. The summed E-state index contributed by atoms with van der Waals surface area (Å²) in [7, 11) is -2.17. The van der Waals surface area contributed by atoms with Crippen LogP contribution in [-0.2, 0) is 32.8 Å². The van der Waals surface area contributed by atoms with E-state index in [1.54, 1.807) is 0 Å². The average molecular weight is 488 g/mol. The first-order valence-electron chi connectivity index (χ1n) is 9.68. The van der Waals surface area contributed by atoms with Crippen LogP contribution in [0.3, 0.4) is 0 Å². The van der Waals surface area contributed by atoms with Crippen LogP contribution in [0.1, 0.15) is 43.9 Å². The Morgan fingerprint density at radius 3 is 1.84 bits per heavy atom. The van der Waals surface area contributed by atoms with Crippen LogP contribution in [-0.4, -0.2) is 37.9 Å². The molecule has 0 aromatic heterocycles. The Hall–Kier alpha value is -2.08. The molecule has 5 nitrogen and oxygen atoms in total. The average Bonchev–Trinajstić information content (AvgIpc) is 2.57.